The molecular weight excluding hydrogens is 274 g/mol. The molecule has 0 saturated carbocycles. The van der Waals surface area contributed by atoms with Crippen LogP contribution in [0.2, 0.25) is 5.02 Å². The van der Waals surface area contributed by atoms with Gasteiger partial charge in [-0.3, -0.25) is 0 Å². The fourth-order valence-electron chi connectivity index (χ4n) is 1.62. The summed E-state index contributed by atoms with van der Waals surface area (Å²) in [6, 6.07) is 9.30. The molecule has 0 radical (unpaired) electrons. The smallest absolute Gasteiger partial charge is 0.229 e. The normalized spacial score (nSPS) is 10.6. The SMILES string of the molecule is CN(C)CCNc1ccnc(Nc2cccc(Cl)c2)n1. The molecule has 1 aromatic carbocycles. The highest BCUT2D eigenvalue weighted by Crippen LogP contribution is 2.18. The van der Waals surface area contributed by atoms with E-state index in [1.54, 1.807) is 6.20 Å². The van der Waals surface area contributed by atoms with Crippen LogP contribution in [-0.4, -0.2) is 42.1 Å². The summed E-state index contributed by atoms with van der Waals surface area (Å²) in [7, 11) is 4.07. The number of nitrogens with one attached hydrogen (secondary N) is 2. The van der Waals surface area contributed by atoms with Gasteiger partial charge in [0.1, 0.15) is 5.82 Å². The van der Waals surface area contributed by atoms with Gasteiger partial charge in [0, 0.05) is 30.0 Å². The second kappa shape index (κ2) is 7.07. The number of anilines is 3. The van der Waals surface area contributed by atoms with Crippen LogP contribution in [0.5, 0.6) is 0 Å². The molecule has 20 heavy (non-hydrogen) atoms. The highest BCUT2D eigenvalue weighted by molar-refractivity contribution is 6.30. The molecule has 2 aromatic rings. The molecule has 0 aliphatic heterocycles. The molecule has 0 amide bonds. The van der Waals surface area contributed by atoms with Gasteiger partial charge in [0.2, 0.25) is 5.95 Å². The monoisotopic (exact) mass is 291 g/mol. The summed E-state index contributed by atoms with van der Waals surface area (Å²) in [4.78, 5) is 10.7. The first-order valence-electron chi connectivity index (χ1n) is 6.38. The highest BCUT2D eigenvalue weighted by atomic mass is 35.5. The zero-order chi connectivity index (χ0) is 14.4. The first kappa shape index (κ1) is 14.6. The van der Waals surface area contributed by atoms with Gasteiger partial charge in [0.05, 0.1) is 0 Å². The van der Waals surface area contributed by atoms with Crippen molar-refractivity contribution >= 4 is 29.1 Å². The lowest BCUT2D eigenvalue weighted by Crippen LogP contribution is -2.21. The quantitative estimate of drug-likeness (QED) is 0.857. The Morgan fingerprint density at radius 1 is 1.25 bits per heavy atom. The average Bonchev–Trinajstić information content (AvgIpc) is 2.39. The van der Waals surface area contributed by atoms with Gasteiger partial charge >= 0.3 is 0 Å². The molecule has 0 atom stereocenters. The summed E-state index contributed by atoms with van der Waals surface area (Å²) in [5.41, 5.74) is 0.864. The number of halogens is 1. The number of rotatable bonds is 6. The van der Waals surface area contributed by atoms with E-state index in [1.165, 1.54) is 0 Å². The van der Waals surface area contributed by atoms with Crippen molar-refractivity contribution in [2.75, 3.05) is 37.8 Å². The summed E-state index contributed by atoms with van der Waals surface area (Å²) in [6.45, 7) is 1.78. The van der Waals surface area contributed by atoms with E-state index in [-0.39, 0.29) is 0 Å². The maximum Gasteiger partial charge on any atom is 0.229 e. The van der Waals surface area contributed by atoms with E-state index in [9.17, 15) is 0 Å². The number of aromatic nitrogens is 2. The van der Waals surface area contributed by atoms with Gasteiger partial charge in [-0.25, -0.2) is 4.98 Å². The van der Waals surface area contributed by atoms with Crippen LogP contribution >= 0.6 is 11.6 Å². The molecule has 0 fully saturated rings. The van der Waals surface area contributed by atoms with Crippen LogP contribution in [0.25, 0.3) is 0 Å². The van der Waals surface area contributed by atoms with Crippen LogP contribution in [0.3, 0.4) is 0 Å². The van der Waals surface area contributed by atoms with E-state index < -0.39 is 0 Å². The molecule has 0 bridgehead atoms. The summed E-state index contributed by atoms with van der Waals surface area (Å²) in [6.07, 6.45) is 1.72. The fraction of sp³-hybridized carbons (Fsp3) is 0.286. The molecule has 1 heterocycles. The zero-order valence-electron chi connectivity index (χ0n) is 11.6. The van der Waals surface area contributed by atoms with Crippen molar-refractivity contribution in [3.05, 3.63) is 41.6 Å². The van der Waals surface area contributed by atoms with E-state index >= 15 is 0 Å². The molecule has 0 unspecified atom stereocenters. The summed E-state index contributed by atoms with van der Waals surface area (Å²) in [5.74, 6) is 1.34. The van der Waals surface area contributed by atoms with Crippen LogP contribution in [0.15, 0.2) is 36.5 Å². The van der Waals surface area contributed by atoms with Crippen LogP contribution in [0, 0.1) is 0 Å². The van der Waals surface area contributed by atoms with Gasteiger partial charge in [0.15, 0.2) is 0 Å². The Morgan fingerprint density at radius 3 is 2.85 bits per heavy atom. The van der Waals surface area contributed by atoms with Gasteiger partial charge in [0.25, 0.3) is 0 Å². The van der Waals surface area contributed by atoms with Crippen molar-refractivity contribution in [2.45, 2.75) is 0 Å². The molecule has 0 spiro atoms. The average molecular weight is 292 g/mol. The Morgan fingerprint density at radius 2 is 2.10 bits per heavy atom. The van der Waals surface area contributed by atoms with E-state index in [2.05, 4.69) is 25.5 Å². The number of hydrogen-bond donors (Lipinski definition) is 2. The Labute approximate surface area is 124 Å². The maximum absolute atomic E-state index is 5.94. The minimum absolute atomic E-state index is 0.544. The Bertz CT molecular complexity index is 559. The van der Waals surface area contributed by atoms with Crippen LogP contribution in [0.4, 0.5) is 17.5 Å². The molecule has 2 rings (SSSR count). The fourth-order valence-corrected chi connectivity index (χ4v) is 1.81. The predicted octanol–water partition coefficient (Wildman–Crippen LogP) is 2.85. The molecule has 1 aromatic heterocycles. The summed E-state index contributed by atoms with van der Waals surface area (Å²) in [5, 5.41) is 7.06. The molecule has 106 valence electrons. The van der Waals surface area contributed by atoms with E-state index in [4.69, 9.17) is 11.6 Å². The van der Waals surface area contributed by atoms with E-state index in [1.807, 2.05) is 44.4 Å². The van der Waals surface area contributed by atoms with Gasteiger partial charge < -0.3 is 15.5 Å². The van der Waals surface area contributed by atoms with Gasteiger partial charge in [-0.1, -0.05) is 17.7 Å². The predicted molar refractivity (Wildman–Crippen MR) is 83.8 cm³/mol. The van der Waals surface area contributed by atoms with Crippen LogP contribution in [-0.2, 0) is 0 Å². The highest BCUT2D eigenvalue weighted by Gasteiger charge is 2.00. The second-order valence-electron chi connectivity index (χ2n) is 4.63. The molecule has 6 heteroatoms. The Hall–Kier alpha value is -1.85. The number of likely N-dealkylation sites (N-methyl/N-ethyl adjacent to an activating group) is 1. The topological polar surface area (TPSA) is 53.1 Å². The van der Waals surface area contributed by atoms with Crippen molar-refractivity contribution in [1.29, 1.82) is 0 Å². The summed E-state index contributed by atoms with van der Waals surface area (Å²) < 4.78 is 0. The molecule has 5 nitrogen and oxygen atoms in total. The number of hydrogen-bond acceptors (Lipinski definition) is 5. The minimum atomic E-state index is 0.544. The van der Waals surface area contributed by atoms with Gasteiger partial charge in [-0.2, -0.15) is 4.98 Å². The number of benzene rings is 1. The first-order valence-corrected chi connectivity index (χ1v) is 6.75. The second-order valence-corrected chi connectivity index (χ2v) is 5.07. The largest absolute Gasteiger partial charge is 0.369 e. The summed E-state index contributed by atoms with van der Waals surface area (Å²) >= 11 is 5.94. The van der Waals surface area contributed by atoms with Crippen molar-refractivity contribution in [3.8, 4) is 0 Å². The lowest BCUT2D eigenvalue weighted by molar-refractivity contribution is 0.425. The minimum Gasteiger partial charge on any atom is -0.369 e. The molecule has 0 saturated heterocycles. The molecule has 0 aliphatic rings. The van der Waals surface area contributed by atoms with Gasteiger partial charge in [-0.15, -0.1) is 0 Å². The van der Waals surface area contributed by atoms with E-state index in [0.29, 0.717) is 11.0 Å². The van der Waals surface area contributed by atoms with Crippen molar-refractivity contribution in [1.82, 2.24) is 14.9 Å². The molecule has 0 aliphatic carbocycles. The molecule has 2 N–H and O–H groups in total. The lowest BCUT2D eigenvalue weighted by atomic mass is 10.3. The van der Waals surface area contributed by atoms with Crippen molar-refractivity contribution in [2.24, 2.45) is 0 Å². The first-order chi connectivity index (χ1) is 9.63. The third-order valence-electron chi connectivity index (χ3n) is 2.60. The Kier molecular flexibility index (Phi) is 5.15. The third kappa shape index (κ3) is 4.68. The van der Waals surface area contributed by atoms with E-state index in [0.717, 1.165) is 24.6 Å². The van der Waals surface area contributed by atoms with Crippen molar-refractivity contribution in [3.63, 3.8) is 0 Å². The maximum atomic E-state index is 5.94. The molecular formula is C14H18ClN5. The van der Waals surface area contributed by atoms with Crippen LogP contribution in [0.1, 0.15) is 0 Å². The Balaban J connectivity index is 1.99. The number of nitrogens with zero attached hydrogens (tertiary/aromatic N) is 3. The zero-order valence-corrected chi connectivity index (χ0v) is 12.4. The standard InChI is InChI=1S/C14H18ClN5/c1-20(2)9-8-16-13-6-7-17-14(19-13)18-12-5-3-4-11(15)10-12/h3-7,10H,8-9H2,1-2H3,(H2,16,17,18,19). The van der Waals surface area contributed by atoms with Gasteiger partial charge in [-0.05, 0) is 38.4 Å². The third-order valence-corrected chi connectivity index (χ3v) is 2.84. The van der Waals surface area contributed by atoms with Crippen molar-refractivity contribution < 1.29 is 0 Å². The lowest BCUT2D eigenvalue weighted by Gasteiger charge is -2.11. The van der Waals surface area contributed by atoms with Crippen LogP contribution < -0.4 is 10.6 Å².